The number of hydrogen-bond donors (Lipinski definition) is 0. The number of carbonyl (C=O) groups is 1. The lowest BCUT2D eigenvalue weighted by Gasteiger charge is -2.22. The molecule has 0 unspecified atom stereocenters. The molecule has 1 aliphatic carbocycles. The predicted octanol–water partition coefficient (Wildman–Crippen LogP) is 2.15. The molecule has 1 aromatic rings. The minimum absolute atomic E-state index is 0.114. The molecule has 0 N–H and O–H groups in total. The summed E-state index contributed by atoms with van der Waals surface area (Å²) in [6, 6.07) is 6.93. The molecule has 4 nitrogen and oxygen atoms in total. The summed E-state index contributed by atoms with van der Waals surface area (Å²) < 4.78 is 26.9. The summed E-state index contributed by atoms with van der Waals surface area (Å²) >= 11 is 0. The lowest BCUT2D eigenvalue weighted by molar-refractivity contribution is -0.116. The van der Waals surface area contributed by atoms with Crippen molar-refractivity contribution in [1.82, 2.24) is 4.31 Å². The zero-order valence-electron chi connectivity index (χ0n) is 12.2. The van der Waals surface area contributed by atoms with Crippen LogP contribution in [0, 0.1) is 18.8 Å². The van der Waals surface area contributed by atoms with Gasteiger partial charge >= 0.3 is 0 Å². The molecule has 21 heavy (non-hydrogen) atoms. The fraction of sp³-hybridized carbons (Fsp3) is 0.438. The van der Waals surface area contributed by atoms with Crippen LogP contribution in [0.2, 0.25) is 0 Å². The van der Waals surface area contributed by atoms with Crippen LogP contribution in [-0.4, -0.2) is 31.6 Å². The van der Waals surface area contributed by atoms with Crippen molar-refractivity contribution >= 4 is 15.8 Å². The molecule has 1 saturated heterocycles. The molecule has 0 saturated carbocycles. The Balaban J connectivity index is 1.88. The molecule has 0 aromatic heterocycles. The average Bonchev–Trinajstić information content (AvgIpc) is 2.84. The van der Waals surface area contributed by atoms with E-state index in [2.05, 4.69) is 0 Å². The highest BCUT2D eigenvalue weighted by Gasteiger charge is 2.42. The summed E-state index contributed by atoms with van der Waals surface area (Å²) in [6.07, 6.45) is 2.13. The van der Waals surface area contributed by atoms with Crippen molar-refractivity contribution in [2.45, 2.75) is 25.2 Å². The Hall–Kier alpha value is -1.46. The highest BCUT2D eigenvalue weighted by atomic mass is 32.2. The number of carbonyl (C=O) groups excluding carboxylic acids is 1. The molecule has 1 aromatic carbocycles. The molecule has 0 spiro atoms. The number of allylic oxidation sites excluding steroid dienone is 1. The van der Waals surface area contributed by atoms with Gasteiger partial charge in [0.1, 0.15) is 0 Å². The molecule has 5 heteroatoms. The van der Waals surface area contributed by atoms with Gasteiger partial charge in [-0.05, 0) is 43.9 Å². The van der Waals surface area contributed by atoms with Crippen LogP contribution in [0.15, 0.2) is 40.8 Å². The molecule has 0 bridgehead atoms. The summed E-state index contributed by atoms with van der Waals surface area (Å²) in [6.45, 7) is 4.78. The largest absolute Gasteiger partial charge is 0.295 e. The Kier molecular flexibility index (Phi) is 3.50. The topological polar surface area (TPSA) is 54.5 Å². The van der Waals surface area contributed by atoms with Crippen LogP contribution in [0.4, 0.5) is 0 Å². The minimum Gasteiger partial charge on any atom is -0.295 e. The van der Waals surface area contributed by atoms with Crippen LogP contribution < -0.4 is 0 Å². The van der Waals surface area contributed by atoms with E-state index in [0.29, 0.717) is 24.4 Å². The van der Waals surface area contributed by atoms with E-state index >= 15 is 0 Å². The average molecular weight is 305 g/mol. The summed E-state index contributed by atoms with van der Waals surface area (Å²) in [5.74, 6) is 0.425. The lowest BCUT2D eigenvalue weighted by atomic mass is 9.81. The number of benzene rings is 1. The number of nitrogens with zero attached hydrogens (tertiary/aromatic N) is 1. The molecular formula is C16H19NO3S. The quantitative estimate of drug-likeness (QED) is 0.841. The van der Waals surface area contributed by atoms with Gasteiger partial charge in [-0.25, -0.2) is 8.42 Å². The molecular weight excluding hydrogens is 286 g/mol. The Morgan fingerprint density at radius 3 is 2.43 bits per heavy atom. The van der Waals surface area contributed by atoms with Crippen LogP contribution >= 0.6 is 0 Å². The third-order valence-electron chi connectivity index (χ3n) is 4.50. The third kappa shape index (κ3) is 2.56. The van der Waals surface area contributed by atoms with Gasteiger partial charge < -0.3 is 0 Å². The summed E-state index contributed by atoms with van der Waals surface area (Å²) in [4.78, 5) is 12.0. The number of rotatable bonds is 2. The van der Waals surface area contributed by atoms with Crippen molar-refractivity contribution in [3.63, 3.8) is 0 Å². The van der Waals surface area contributed by atoms with Gasteiger partial charge in [0, 0.05) is 19.5 Å². The fourth-order valence-corrected chi connectivity index (χ4v) is 4.81. The predicted molar refractivity (Wildman–Crippen MR) is 80.3 cm³/mol. The zero-order valence-corrected chi connectivity index (χ0v) is 13.1. The first-order chi connectivity index (χ1) is 9.88. The van der Waals surface area contributed by atoms with Gasteiger partial charge in [0.05, 0.1) is 4.90 Å². The van der Waals surface area contributed by atoms with Gasteiger partial charge in [-0.3, -0.25) is 4.79 Å². The van der Waals surface area contributed by atoms with E-state index < -0.39 is 10.0 Å². The number of fused-ring (bicyclic) bond motifs is 1. The Morgan fingerprint density at radius 2 is 1.76 bits per heavy atom. The van der Waals surface area contributed by atoms with Crippen LogP contribution in [0.5, 0.6) is 0 Å². The molecule has 1 aliphatic heterocycles. The summed E-state index contributed by atoms with van der Waals surface area (Å²) in [5, 5.41) is 0. The number of ketones is 1. The van der Waals surface area contributed by atoms with E-state index in [0.717, 1.165) is 11.1 Å². The zero-order chi connectivity index (χ0) is 15.2. The van der Waals surface area contributed by atoms with Crippen molar-refractivity contribution in [3.05, 3.63) is 41.5 Å². The van der Waals surface area contributed by atoms with E-state index in [1.165, 1.54) is 4.31 Å². The summed E-state index contributed by atoms with van der Waals surface area (Å²) in [5.41, 5.74) is 2.05. The van der Waals surface area contributed by atoms with E-state index in [4.69, 9.17) is 0 Å². The van der Waals surface area contributed by atoms with E-state index in [9.17, 15) is 13.2 Å². The first kappa shape index (κ1) is 14.5. The van der Waals surface area contributed by atoms with Gasteiger partial charge in [-0.2, -0.15) is 4.31 Å². The minimum atomic E-state index is -3.46. The van der Waals surface area contributed by atoms with Crippen LogP contribution in [0.1, 0.15) is 18.9 Å². The molecule has 3 rings (SSSR count). The molecule has 0 radical (unpaired) electrons. The van der Waals surface area contributed by atoms with Crippen molar-refractivity contribution in [1.29, 1.82) is 0 Å². The van der Waals surface area contributed by atoms with Gasteiger partial charge in [-0.1, -0.05) is 23.3 Å². The van der Waals surface area contributed by atoms with E-state index in [1.807, 2.05) is 26.0 Å². The van der Waals surface area contributed by atoms with Crippen molar-refractivity contribution in [3.8, 4) is 0 Å². The maximum absolute atomic E-state index is 12.7. The second-order valence-corrected chi connectivity index (χ2v) is 8.00. The Morgan fingerprint density at radius 1 is 1.10 bits per heavy atom. The number of sulfonamides is 1. The SMILES string of the molecule is CC1=CC(=O)C[C@H]2CN(S(=O)(=O)c3ccc(C)cc3)C[C@@H]12. The van der Waals surface area contributed by atoms with Gasteiger partial charge in [0.15, 0.2) is 5.78 Å². The molecule has 112 valence electrons. The third-order valence-corrected chi connectivity index (χ3v) is 6.35. The number of aryl methyl sites for hydroxylation is 1. The molecule has 1 fully saturated rings. The van der Waals surface area contributed by atoms with Crippen molar-refractivity contribution in [2.75, 3.05) is 13.1 Å². The van der Waals surface area contributed by atoms with Crippen LogP contribution in [-0.2, 0) is 14.8 Å². The van der Waals surface area contributed by atoms with E-state index in [-0.39, 0.29) is 17.6 Å². The number of hydrogen-bond acceptors (Lipinski definition) is 3. The first-order valence-corrected chi connectivity index (χ1v) is 8.60. The first-order valence-electron chi connectivity index (χ1n) is 7.16. The second kappa shape index (κ2) is 5.07. The normalized spacial score (nSPS) is 26.6. The smallest absolute Gasteiger partial charge is 0.243 e. The van der Waals surface area contributed by atoms with Crippen LogP contribution in [0.25, 0.3) is 0 Å². The second-order valence-electron chi connectivity index (χ2n) is 6.06. The highest BCUT2D eigenvalue weighted by Crippen LogP contribution is 2.37. The Bertz CT molecular complexity index is 704. The fourth-order valence-electron chi connectivity index (χ4n) is 3.29. The Labute approximate surface area is 125 Å². The van der Waals surface area contributed by atoms with E-state index in [1.54, 1.807) is 18.2 Å². The molecule has 2 atom stereocenters. The van der Waals surface area contributed by atoms with Gasteiger partial charge in [-0.15, -0.1) is 0 Å². The molecule has 1 heterocycles. The standard InChI is InChI=1S/C16H19NO3S/c1-11-3-5-15(6-4-11)21(19,20)17-9-13-8-14(18)7-12(2)16(13)10-17/h3-7,13,16H,8-10H2,1-2H3/t13-,16-/m0/s1. The van der Waals surface area contributed by atoms with Gasteiger partial charge in [0.2, 0.25) is 10.0 Å². The highest BCUT2D eigenvalue weighted by molar-refractivity contribution is 7.89. The molecule has 0 amide bonds. The van der Waals surface area contributed by atoms with Crippen molar-refractivity contribution in [2.24, 2.45) is 11.8 Å². The molecule has 2 aliphatic rings. The summed E-state index contributed by atoms with van der Waals surface area (Å²) in [7, 11) is -3.46. The van der Waals surface area contributed by atoms with Gasteiger partial charge in [0.25, 0.3) is 0 Å². The monoisotopic (exact) mass is 305 g/mol. The van der Waals surface area contributed by atoms with Crippen molar-refractivity contribution < 1.29 is 13.2 Å². The lowest BCUT2D eigenvalue weighted by Crippen LogP contribution is -2.29. The van der Waals surface area contributed by atoms with Crippen LogP contribution in [0.3, 0.4) is 0 Å². The maximum Gasteiger partial charge on any atom is 0.243 e. The maximum atomic E-state index is 12.7.